The molecule has 0 N–H and O–H groups in total. The third-order valence-electron chi connectivity index (χ3n) is 4.58. The number of aromatic nitrogens is 3. The molecule has 2 aromatic rings. The van der Waals surface area contributed by atoms with Crippen molar-refractivity contribution in [1.82, 2.24) is 14.6 Å². The summed E-state index contributed by atoms with van der Waals surface area (Å²) in [4.78, 5) is 6.59. The van der Waals surface area contributed by atoms with Crippen molar-refractivity contribution in [2.24, 2.45) is 5.92 Å². The zero-order valence-corrected chi connectivity index (χ0v) is 11.8. The average molecular weight is 292 g/mol. The quantitative estimate of drug-likeness (QED) is 0.871. The topological polar surface area (TPSA) is 33.4 Å². The van der Waals surface area contributed by atoms with Crippen LogP contribution in [0.5, 0.6) is 0 Å². The van der Waals surface area contributed by atoms with Gasteiger partial charge in [-0.05, 0) is 31.7 Å². The van der Waals surface area contributed by atoms with Gasteiger partial charge in [-0.15, -0.1) is 0 Å². The highest BCUT2D eigenvalue weighted by Gasteiger charge is 2.29. The van der Waals surface area contributed by atoms with Crippen molar-refractivity contribution in [2.45, 2.75) is 38.0 Å². The number of hydrogen-bond acceptors (Lipinski definition) is 3. The molecule has 0 bridgehead atoms. The largest absolute Gasteiger partial charge is 0.355 e. The summed E-state index contributed by atoms with van der Waals surface area (Å²) in [6.45, 7) is 1.29. The summed E-state index contributed by atoms with van der Waals surface area (Å²) in [7, 11) is 0. The lowest BCUT2D eigenvalue weighted by atomic mass is 9.97. The SMILES string of the molecule is FC(F)C1CCN(c2nccn3nc(C4CC4)cc23)CC1. The fourth-order valence-corrected chi connectivity index (χ4v) is 3.11. The minimum absolute atomic E-state index is 0.465. The molecule has 1 aliphatic heterocycles. The molecule has 21 heavy (non-hydrogen) atoms. The summed E-state index contributed by atoms with van der Waals surface area (Å²) in [5.41, 5.74) is 2.13. The highest BCUT2D eigenvalue weighted by atomic mass is 19.3. The number of piperidine rings is 1. The van der Waals surface area contributed by atoms with Crippen LogP contribution in [0, 0.1) is 5.92 Å². The van der Waals surface area contributed by atoms with E-state index in [0.29, 0.717) is 31.8 Å². The van der Waals surface area contributed by atoms with Crippen LogP contribution >= 0.6 is 0 Å². The minimum Gasteiger partial charge on any atom is -0.355 e. The van der Waals surface area contributed by atoms with E-state index in [1.165, 1.54) is 12.8 Å². The Morgan fingerprint density at radius 2 is 1.90 bits per heavy atom. The van der Waals surface area contributed by atoms with Crippen molar-refractivity contribution in [3.8, 4) is 0 Å². The predicted octanol–water partition coefficient (Wildman–Crippen LogP) is 3.09. The molecule has 4 nitrogen and oxygen atoms in total. The van der Waals surface area contributed by atoms with Crippen molar-refractivity contribution >= 4 is 11.3 Å². The van der Waals surface area contributed by atoms with Gasteiger partial charge in [0.05, 0.1) is 5.69 Å². The smallest absolute Gasteiger partial charge is 0.241 e. The monoisotopic (exact) mass is 292 g/mol. The van der Waals surface area contributed by atoms with Gasteiger partial charge in [0.1, 0.15) is 5.52 Å². The zero-order valence-electron chi connectivity index (χ0n) is 11.8. The Labute approximate surface area is 121 Å². The average Bonchev–Trinajstić information content (AvgIpc) is 3.26. The van der Waals surface area contributed by atoms with Crippen LogP contribution in [0.25, 0.3) is 5.52 Å². The van der Waals surface area contributed by atoms with Gasteiger partial charge in [-0.25, -0.2) is 18.3 Å². The third kappa shape index (κ3) is 2.36. The van der Waals surface area contributed by atoms with Gasteiger partial charge >= 0.3 is 0 Å². The van der Waals surface area contributed by atoms with Gasteiger partial charge in [0, 0.05) is 37.3 Å². The van der Waals surface area contributed by atoms with Crippen LogP contribution in [-0.4, -0.2) is 34.1 Å². The Morgan fingerprint density at radius 3 is 2.57 bits per heavy atom. The molecule has 0 aromatic carbocycles. The van der Waals surface area contributed by atoms with E-state index in [1.807, 2.05) is 10.7 Å². The number of fused-ring (bicyclic) bond motifs is 1. The Morgan fingerprint density at radius 1 is 1.14 bits per heavy atom. The predicted molar refractivity (Wildman–Crippen MR) is 75.9 cm³/mol. The lowest BCUT2D eigenvalue weighted by Crippen LogP contribution is -2.36. The first-order chi connectivity index (χ1) is 10.2. The van der Waals surface area contributed by atoms with Gasteiger partial charge in [-0.2, -0.15) is 5.10 Å². The summed E-state index contributed by atoms with van der Waals surface area (Å²) in [6, 6.07) is 2.11. The summed E-state index contributed by atoms with van der Waals surface area (Å²) in [6.07, 6.45) is 4.89. The molecule has 2 aliphatic rings. The first kappa shape index (κ1) is 13.0. The van der Waals surface area contributed by atoms with Gasteiger partial charge in [-0.1, -0.05) is 0 Å². The molecule has 1 saturated heterocycles. The number of rotatable bonds is 3. The second-order valence-electron chi connectivity index (χ2n) is 6.08. The molecule has 2 aromatic heterocycles. The van der Waals surface area contributed by atoms with Gasteiger partial charge < -0.3 is 4.90 Å². The first-order valence-corrected chi connectivity index (χ1v) is 7.60. The maximum Gasteiger partial charge on any atom is 0.241 e. The van der Waals surface area contributed by atoms with E-state index in [2.05, 4.69) is 21.0 Å². The fraction of sp³-hybridized carbons (Fsp3) is 0.600. The molecule has 0 amide bonds. The molecule has 2 fully saturated rings. The molecule has 1 saturated carbocycles. The summed E-state index contributed by atoms with van der Waals surface area (Å²) < 4.78 is 27.4. The highest BCUT2D eigenvalue weighted by Crippen LogP contribution is 2.40. The molecule has 1 aliphatic carbocycles. The molecule has 112 valence electrons. The molecular weight excluding hydrogens is 274 g/mol. The first-order valence-electron chi connectivity index (χ1n) is 7.60. The molecule has 0 radical (unpaired) electrons. The van der Waals surface area contributed by atoms with E-state index in [9.17, 15) is 8.78 Å². The van der Waals surface area contributed by atoms with Crippen LogP contribution in [0.1, 0.15) is 37.3 Å². The lowest BCUT2D eigenvalue weighted by molar-refractivity contribution is 0.0635. The van der Waals surface area contributed by atoms with Crippen molar-refractivity contribution < 1.29 is 8.78 Å². The van der Waals surface area contributed by atoms with E-state index in [-0.39, 0.29) is 0 Å². The van der Waals surface area contributed by atoms with Crippen LogP contribution in [0.15, 0.2) is 18.5 Å². The van der Waals surface area contributed by atoms with Crippen LogP contribution in [0.3, 0.4) is 0 Å². The van der Waals surface area contributed by atoms with E-state index in [4.69, 9.17) is 0 Å². The Bertz CT molecular complexity index is 642. The fourth-order valence-electron chi connectivity index (χ4n) is 3.11. The van der Waals surface area contributed by atoms with Gasteiger partial charge in [-0.3, -0.25) is 0 Å². The number of nitrogens with zero attached hydrogens (tertiary/aromatic N) is 4. The molecule has 0 atom stereocenters. The van der Waals surface area contributed by atoms with Crippen LogP contribution in [0.4, 0.5) is 14.6 Å². The molecular formula is C15H18F2N4. The van der Waals surface area contributed by atoms with Crippen molar-refractivity contribution in [2.75, 3.05) is 18.0 Å². The minimum atomic E-state index is -2.20. The molecule has 3 heterocycles. The van der Waals surface area contributed by atoms with Crippen LogP contribution in [0.2, 0.25) is 0 Å². The van der Waals surface area contributed by atoms with Gasteiger partial charge in [0.15, 0.2) is 5.82 Å². The van der Waals surface area contributed by atoms with Crippen molar-refractivity contribution in [3.05, 3.63) is 24.2 Å². The Balaban J connectivity index is 1.61. The second kappa shape index (κ2) is 4.93. The maximum atomic E-state index is 12.8. The Kier molecular flexibility index (Phi) is 3.05. The summed E-state index contributed by atoms with van der Waals surface area (Å²) in [5, 5.41) is 4.60. The zero-order chi connectivity index (χ0) is 14.4. The van der Waals surface area contributed by atoms with E-state index < -0.39 is 12.3 Å². The second-order valence-corrected chi connectivity index (χ2v) is 6.08. The highest BCUT2D eigenvalue weighted by molar-refractivity contribution is 5.69. The number of alkyl halides is 2. The van der Waals surface area contributed by atoms with Crippen molar-refractivity contribution in [1.29, 1.82) is 0 Å². The third-order valence-corrected chi connectivity index (χ3v) is 4.58. The van der Waals surface area contributed by atoms with E-state index >= 15 is 0 Å². The number of hydrogen-bond donors (Lipinski definition) is 0. The Hall–Kier alpha value is -1.72. The van der Waals surface area contributed by atoms with Gasteiger partial charge in [0.25, 0.3) is 0 Å². The van der Waals surface area contributed by atoms with Crippen molar-refractivity contribution in [3.63, 3.8) is 0 Å². The van der Waals surface area contributed by atoms with E-state index in [1.54, 1.807) is 6.20 Å². The summed E-state index contributed by atoms with van der Waals surface area (Å²) in [5.74, 6) is 1.01. The molecule has 0 spiro atoms. The molecule has 4 rings (SSSR count). The van der Waals surface area contributed by atoms with Gasteiger partial charge in [0.2, 0.25) is 6.43 Å². The molecule has 6 heteroatoms. The number of anilines is 1. The normalized spacial score (nSPS) is 20.6. The summed E-state index contributed by atoms with van der Waals surface area (Å²) >= 11 is 0. The number of halogens is 2. The maximum absolute atomic E-state index is 12.8. The molecule has 0 unspecified atom stereocenters. The lowest BCUT2D eigenvalue weighted by Gasteiger charge is -2.32. The standard InChI is InChI=1S/C15H18F2N4/c16-14(17)11-3-6-20(7-4-11)15-13-9-12(10-1-2-10)19-21(13)8-5-18-15/h5,8-11,14H,1-4,6-7H2. The van der Waals surface area contributed by atoms with E-state index in [0.717, 1.165) is 17.0 Å². The van der Waals surface area contributed by atoms with Crippen LogP contribution < -0.4 is 4.90 Å². The van der Waals surface area contributed by atoms with Crippen LogP contribution in [-0.2, 0) is 0 Å².